The zero-order valence-electron chi connectivity index (χ0n) is 14.0. The average molecular weight is 332 g/mol. The maximum atomic E-state index is 12.9. The minimum atomic E-state index is -0.546. The molecule has 3 heterocycles. The molecule has 2 saturated heterocycles. The van der Waals surface area contributed by atoms with Crippen LogP contribution in [0.5, 0.6) is 11.5 Å². The molecule has 2 fully saturated rings. The molecule has 3 aliphatic heterocycles. The van der Waals surface area contributed by atoms with E-state index in [1.807, 2.05) is 29.2 Å². The number of carbonyl (C=O) groups excluding carboxylic acids is 1. The van der Waals surface area contributed by atoms with Crippen molar-refractivity contribution in [2.75, 3.05) is 46.0 Å². The fourth-order valence-corrected chi connectivity index (χ4v) is 3.86. The Hall–Kier alpha value is -1.79. The van der Waals surface area contributed by atoms with Crippen molar-refractivity contribution < 1.29 is 19.0 Å². The summed E-state index contributed by atoms with van der Waals surface area (Å²) in [6.07, 6.45) is -0.546. The number of amides is 1. The van der Waals surface area contributed by atoms with Crippen molar-refractivity contribution in [1.82, 2.24) is 9.80 Å². The number of nitrogens with zero attached hydrogens (tertiary/aromatic N) is 2. The molecular formula is C18H24N2O4. The van der Waals surface area contributed by atoms with Gasteiger partial charge in [-0.1, -0.05) is 19.1 Å². The van der Waals surface area contributed by atoms with Crippen LogP contribution < -0.4 is 9.47 Å². The van der Waals surface area contributed by atoms with Gasteiger partial charge in [-0.3, -0.25) is 9.69 Å². The summed E-state index contributed by atoms with van der Waals surface area (Å²) in [6, 6.07) is 7.91. The number of morpholine rings is 1. The highest BCUT2D eigenvalue weighted by Crippen LogP contribution is 2.32. The summed E-state index contributed by atoms with van der Waals surface area (Å²) in [7, 11) is 0. The Morgan fingerprint density at radius 2 is 1.88 bits per heavy atom. The average Bonchev–Trinajstić information content (AvgIpc) is 3.03. The van der Waals surface area contributed by atoms with Crippen molar-refractivity contribution in [3.05, 3.63) is 24.3 Å². The first-order chi connectivity index (χ1) is 11.7. The summed E-state index contributed by atoms with van der Waals surface area (Å²) in [5.74, 6) is 1.86. The zero-order chi connectivity index (χ0) is 16.5. The Bertz CT molecular complexity index is 602. The topological polar surface area (TPSA) is 51.2 Å². The van der Waals surface area contributed by atoms with Gasteiger partial charge in [-0.05, 0) is 18.1 Å². The molecule has 6 heteroatoms. The van der Waals surface area contributed by atoms with Gasteiger partial charge in [0, 0.05) is 32.2 Å². The fraction of sp³-hybridized carbons (Fsp3) is 0.611. The van der Waals surface area contributed by atoms with Crippen LogP contribution in [0.4, 0.5) is 0 Å². The van der Waals surface area contributed by atoms with Gasteiger partial charge in [0.1, 0.15) is 6.61 Å². The van der Waals surface area contributed by atoms with Crippen LogP contribution in [0.2, 0.25) is 0 Å². The smallest absolute Gasteiger partial charge is 0.267 e. The highest BCUT2D eigenvalue weighted by Gasteiger charge is 2.40. The number of benzene rings is 1. The maximum Gasteiger partial charge on any atom is 0.267 e. The fourth-order valence-electron chi connectivity index (χ4n) is 3.86. The predicted octanol–water partition coefficient (Wildman–Crippen LogP) is 1.01. The number of hydrogen-bond donors (Lipinski definition) is 0. The van der Waals surface area contributed by atoms with Crippen LogP contribution in [-0.2, 0) is 9.53 Å². The van der Waals surface area contributed by atoms with Crippen LogP contribution in [0, 0.1) is 5.92 Å². The SMILES string of the molecule is C[C@@H]1CN(C(=O)[C@@H]2COc3ccccc3O2)C[C@H]1N1CCOCC1. The molecule has 1 aromatic carbocycles. The third-order valence-corrected chi connectivity index (χ3v) is 5.18. The van der Waals surface area contributed by atoms with Gasteiger partial charge in [0.25, 0.3) is 5.91 Å². The first kappa shape index (κ1) is 15.7. The van der Waals surface area contributed by atoms with Crippen LogP contribution in [0.1, 0.15) is 6.92 Å². The van der Waals surface area contributed by atoms with Crippen molar-refractivity contribution in [3.63, 3.8) is 0 Å². The molecular weight excluding hydrogens is 308 g/mol. The van der Waals surface area contributed by atoms with Crippen molar-refractivity contribution >= 4 is 5.91 Å². The number of hydrogen-bond acceptors (Lipinski definition) is 5. The summed E-state index contributed by atoms with van der Waals surface area (Å²) in [4.78, 5) is 17.3. The van der Waals surface area contributed by atoms with Gasteiger partial charge in [-0.15, -0.1) is 0 Å². The van der Waals surface area contributed by atoms with Crippen LogP contribution in [0.25, 0.3) is 0 Å². The lowest BCUT2D eigenvalue weighted by Gasteiger charge is -2.34. The van der Waals surface area contributed by atoms with E-state index < -0.39 is 6.10 Å². The molecule has 0 bridgehead atoms. The molecule has 0 saturated carbocycles. The molecule has 130 valence electrons. The molecule has 0 aromatic heterocycles. The van der Waals surface area contributed by atoms with Gasteiger partial charge in [-0.2, -0.15) is 0 Å². The molecule has 6 nitrogen and oxygen atoms in total. The number of para-hydroxylation sites is 2. The highest BCUT2D eigenvalue weighted by atomic mass is 16.6. The minimum absolute atomic E-state index is 0.0344. The third kappa shape index (κ3) is 2.96. The Kier molecular flexibility index (Phi) is 4.33. The standard InChI is InChI=1S/C18H24N2O4/c1-13-10-20(11-14(13)19-6-8-22-9-7-19)18(21)17-12-23-15-4-2-3-5-16(15)24-17/h2-5,13-14,17H,6-12H2,1H3/t13-,14-,17+/m1/s1. The second kappa shape index (κ2) is 6.61. The molecule has 0 aliphatic carbocycles. The van der Waals surface area contributed by atoms with Gasteiger partial charge in [-0.25, -0.2) is 0 Å². The van der Waals surface area contributed by atoms with Gasteiger partial charge in [0.15, 0.2) is 11.5 Å². The van der Waals surface area contributed by atoms with E-state index in [1.165, 1.54) is 0 Å². The molecule has 0 spiro atoms. The lowest BCUT2D eigenvalue weighted by atomic mass is 10.0. The number of ether oxygens (including phenoxy) is 3. The molecule has 0 N–H and O–H groups in total. The normalized spacial score (nSPS) is 30.4. The monoisotopic (exact) mass is 332 g/mol. The van der Waals surface area contributed by atoms with E-state index in [4.69, 9.17) is 14.2 Å². The van der Waals surface area contributed by atoms with Crippen LogP contribution >= 0.6 is 0 Å². The molecule has 24 heavy (non-hydrogen) atoms. The Balaban J connectivity index is 1.40. The van der Waals surface area contributed by atoms with Crippen LogP contribution in [0.15, 0.2) is 24.3 Å². The summed E-state index contributed by atoms with van der Waals surface area (Å²) in [5.41, 5.74) is 0. The number of rotatable bonds is 2. The van der Waals surface area contributed by atoms with Gasteiger partial charge >= 0.3 is 0 Å². The van der Waals surface area contributed by atoms with Gasteiger partial charge in [0.05, 0.1) is 13.2 Å². The number of fused-ring (bicyclic) bond motifs is 1. The second-order valence-electron chi connectivity index (χ2n) is 6.80. The Morgan fingerprint density at radius 1 is 1.12 bits per heavy atom. The molecule has 3 atom stereocenters. The zero-order valence-corrected chi connectivity index (χ0v) is 14.0. The molecule has 1 aromatic rings. The van der Waals surface area contributed by atoms with E-state index in [9.17, 15) is 4.79 Å². The highest BCUT2D eigenvalue weighted by molar-refractivity contribution is 5.82. The van der Waals surface area contributed by atoms with E-state index in [1.54, 1.807) is 0 Å². The van der Waals surface area contributed by atoms with Crippen LogP contribution in [0.3, 0.4) is 0 Å². The van der Waals surface area contributed by atoms with Crippen molar-refractivity contribution in [2.24, 2.45) is 5.92 Å². The molecule has 3 aliphatic rings. The molecule has 0 unspecified atom stereocenters. The first-order valence-electron chi connectivity index (χ1n) is 8.71. The molecule has 1 amide bonds. The van der Waals surface area contributed by atoms with E-state index in [2.05, 4.69) is 11.8 Å². The summed E-state index contributed by atoms with van der Waals surface area (Å²) in [5, 5.41) is 0. The van der Waals surface area contributed by atoms with E-state index >= 15 is 0 Å². The van der Waals surface area contributed by atoms with Gasteiger partial charge < -0.3 is 19.1 Å². The van der Waals surface area contributed by atoms with E-state index in [0.717, 1.165) is 39.4 Å². The van der Waals surface area contributed by atoms with Crippen LogP contribution in [-0.4, -0.2) is 73.9 Å². The quantitative estimate of drug-likeness (QED) is 0.809. The van der Waals surface area contributed by atoms with Crippen molar-refractivity contribution in [1.29, 1.82) is 0 Å². The number of carbonyl (C=O) groups is 1. The predicted molar refractivity (Wildman–Crippen MR) is 88.3 cm³/mol. The second-order valence-corrected chi connectivity index (χ2v) is 6.80. The van der Waals surface area contributed by atoms with Crippen molar-refractivity contribution in [2.45, 2.75) is 19.1 Å². The summed E-state index contributed by atoms with van der Waals surface area (Å²) < 4.78 is 17.0. The molecule has 0 radical (unpaired) electrons. The summed E-state index contributed by atoms with van der Waals surface area (Å²) in [6.45, 7) is 7.52. The molecule has 4 rings (SSSR count). The lowest BCUT2D eigenvalue weighted by molar-refractivity contribution is -0.140. The summed E-state index contributed by atoms with van der Waals surface area (Å²) >= 11 is 0. The van der Waals surface area contributed by atoms with Crippen molar-refractivity contribution in [3.8, 4) is 11.5 Å². The third-order valence-electron chi connectivity index (χ3n) is 5.18. The van der Waals surface area contributed by atoms with Gasteiger partial charge in [0.2, 0.25) is 6.10 Å². The lowest BCUT2D eigenvalue weighted by Crippen LogP contribution is -2.49. The minimum Gasteiger partial charge on any atom is -0.485 e. The Labute approximate surface area is 142 Å². The first-order valence-corrected chi connectivity index (χ1v) is 8.71. The van der Waals surface area contributed by atoms with E-state index in [0.29, 0.717) is 23.5 Å². The largest absolute Gasteiger partial charge is 0.485 e. The number of likely N-dealkylation sites (tertiary alicyclic amines) is 1. The maximum absolute atomic E-state index is 12.9. The van der Waals surface area contributed by atoms with E-state index in [-0.39, 0.29) is 12.5 Å². The Morgan fingerprint density at radius 3 is 2.67 bits per heavy atom.